The van der Waals surface area contributed by atoms with E-state index in [0.29, 0.717) is 17.5 Å². The van der Waals surface area contributed by atoms with E-state index in [9.17, 15) is 8.42 Å². The lowest BCUT2D eigenvalue weighted by atomic mass is 9.91. The van der Waals surface area contributed by atoms with Crippen LogP contribution in [0, 0.1) is 11.8 Å². The van der Waals surface area contributed by atoms with Crippen LogP contribution in [-0.2, 0) is 33.0 Å². The second-order valence-electron chi connectivity index (χ2n) is 10.6. The van der Waals surface area contributed by atoms with Crippen molar-refractivity contribution in [1.29, 1.82) is 0 Å². The highest BCUT2D eigenvalue weighted by Gasteiger charge is 2.66. The molecule has 6 heteroatoms. The molecule has 1 heterocycles. The van der Waals surface area contributed by atoms with Crippen molar-refractivity contribution in [2.75, 3.05) is 31.5 Å². The maximum atomic E-state index is 12.4. The largest absolute Gasteiger partial charge is 0.376 e. The first-order chi connectivity index (χ1) is 15.3. The molecule has 3 aliphatic carbocycles. The van der Waals surface area contributed by atoms with Gasteiger partial charge in [-0.05, 0) is 53.5 Å². The Kier molecular flexibility index (Phi) is 4.56. The lowest BCUT2D eigenvalue weighted by molar-refractivity contribution is -0.0274. The fourth-order valence-electron chi connectivity index (χ4n) is 6.45. The Morgan fingerprint density at radius 2 is 1.69 bits per heavy atom. The number of nitrogens with zero attached hydrogens (tertiary/aromatic N) is 1. The molecule has 1 saturated heterocycles. The molecular formula is C26H32N2O3S. The predicted octanol–water partition coefficient (Wildman–Crippen LogP) is 3.59. The van der Waals surface area contributed by atoms with E-state index in [1.807, 2.05) is 19.2 Å². The van der Waals surface area contributed by atoms with Gasteiger partial charge in [0.05, 0.1) is 10.9 Å². The third kappa shape index (κ3) is 3.30. The van der Waals surface area contributed by atoms with Gasteiger partial charge in [-0.1, -0.05) is 43.3 Å². The number of hydrogen-bond donors (Lipinski definition) is 1. The van der Waals surface area contributed by atoms with Crippen molar-refractivity contribution in [2.24, 2.45) is 11.8 Å². The first kappa shape index (κ1) is 20.7. The molecule has 3 atom stereocenters. The Morgan fingerprint density at radius 3 is 2.28 bits per heavy atom. The highest BCUT2D eigenvalue weighted by Crippen LogP contribution is 2.63. The summed E-state index contributed by atoms with van der Waals surface area (Å²) < 4.78 is 33.6. The molecule has 5 nitrogen and oxygen atoms in total. The molecule has 2 saturated carbocycles. The van der Waals surface area contributed by atoms with Crippen molar-refractivity contribution in [3.8, 4) is 0 Å². The number of ether oxygens (including phenoxy) is 1. The van der Waals surface area contributed by atoms with Crippen molar-refractivity contribution in [3.63, 3.8) is 0 Å². The summed E-state index contributed by atoms with van der Waals surface area (Å²) in [5.74, 6) is 1.24. The van der Waals surface area contributed by atoms with Gasteiger partial charge in [0.15, 0.2) is 0 Å². The van der Waals surface area contributed by atoms with E-state index in [1.165, 1.54) is 16.7 Å². The molecule has 0 radical (unpaired) electrons. The van der Waals surface area contributed by atoms with Crippen LogP contribution in [0.5, 0.6) is 0 Å². The zero-order valence-electron chi connectivity index (χ0n) is 18.9. The van der Waals surface area contributed by atoms with Crippen LogP contribution in [0.1, 0.15) is 36.5 Å². The lowest BCUT2D eigenvalue weighted by Gasteiger charge is -2.34. The Hall–Kier alpha value is -1.89. The normalized spacial score (nSPS) is 30.7. The number of piperidine rings is 1. The average molecular weight is 453 g/mol. The van der Waals surface area contributed by atoms with E-state index in [1.54, 1.807) is 0 Å². The summed E-state index contributed by atoms with van der Waals surface area (Å²) in [6.07, 6.45) is 3.54. The SMILES string of the molecule is COC1(CN2C[C@@H]3[C@H](C2)[C@@]3(C)c2cccc(NS(=O)(=O)C3CC3)c2)Cc2ccccc2C1. The van der Waals surface area contributed by atoms with Gasteiger partial charge >= 0.3 is 0 Å². The minimum Gasteiger partial charge on any atom is -0.376 e. The molecule has 0 bridgehead atoms. The first-order valence-corrected chi connectivity index (χ1v) is 13.3. The van der Waals surface area contributed by atoms with Crippen molar-refractivity contribution < 1.29 is 13.2 Å². The van der Waals surface area contributed by atoms with E-state index in [2.05, 4.69) is 52.9 Å². The second-order valence-corrected chi connectivity index (χ2v) is 12.6. The minimum atomic E-state index is -3.23. The molecule has 4 aliphatic rings. The second kappa shape index (κ2) is 7.05. The number of fused-ring (bicyclic) bond motifs is 2. The van der Waals surface area contributed by atoms with Crippen LogP contribution in [0.4, 0.5) is 5.69 Å². The number of hydrogen-bond acceptors (Lipinski definition) is 4. The number of anilines is 1. The van der Waals surface area contributed by atoms with E-state index in [-0.39, 0.29) is 16.3 Å². The zero-order chi connectivity index (χ0) is 22.1. The molecule has 170 valence electrons. The van der Waals surface area contributed by atoms with Crippen LogP contribution in [0.15, 0.2) is 48.5 Å². The molecule has 6 rings (SSSR count). The summed E-state index contributed by atoms with van der Waals surface area (Å²) in [6.45, 7) is 5.50. The predicted molar refractivity (Wildman–Crippen MR) is 126 cm³/mol. The fourth-order valence-corrected chi connectivity index (χ4v) is 7.83. The number of likely N-dealkylation sites (tertiary alicyclic amines) is 1. The van der Waals surface area contributed by atoms with Crippen LogP contribution in [0.2, 0.25) is 0 Å². The molecule has 2 aromatic rings. The molecule has 32 heavy (non-hydrogen) atoms. The van der Waals surface area contributed by atoms with E-state index < -0.39 is 10.0 Å². The van der Waals surface area contributed by atoms with Crippen LogP contribution < -0.4 is 4.72 Å². The minimum absolute atomic E-state index is 0.113. The highest BCUT2D eigenvalue weighted by atomic mass is 32.2. The number of rotatable bonds is 7. The van der Waals surface area contributed by atoms with Crippen LogP contribution in [-0.4, -0.2) is 50.9 Å². The molecule has 3 fully saturated rings. The Bertz CT molecular complexity index is 1120. The van der Waals surface area contributed by atoms with Crippen LogP contribution in [0.3, 0.4) is 0 Å². The van der Waals surface area contributed by atoms with Gasteiger partial charge in [0.1, 0.15) is 0 Å². The van der Waals surface area contributed by atoms with Gasteiger partial charge in [0.25, 0.3) is 0 Å². The van der Waals surface area contributed by atoms with Gasteiger partial charge in [-0.2, -0.15) is 0 Å². The van der Waals surface area contributed by atoms with Gasteiger partial charge < -0.3 is 4.74 Å². The maximum absolute atomic E-state index is 12.4. The van der Waals surface area contributed by atoms with E-state index >= 15 is 0 Å². The Balaban J connectivity index is 1.13. The quantitative estimate of drug-likeness (QED) is 0.698. The van der Waals surface area contributed by atoms with E-state index in [4.69, 9.17) is 4.74 Å². The molecule has 1 aliphatic heterocycles. The summed E-state index contributed by atoms with van der Waals surface area (Å²) in [6, 6.07) is 16.8. The first-order valence-electron chi connectivity index (χ1n) is 11.8. The molecule has 0 unspecified atom stereocenters. The van der Waals surface area contributed by atoms with Crippen LogP contribution >= 0.6 is 0 Å². The molecular weight excluding hydrogens is 420 g/mol. The highest BCUT2D eigenvalue weighted by molar-refractivity contribution is 7.93. The third-order valence-electron chi connectivity index (χ3n) is 8.62. The number of sulfonamides is 1. The number of nitrogens with one attached hydrogen (secondary N) is 1. The van der Waals surface area contributed by atoms with E-state index in [0.717, 1.165) is 45.3 Å². The fraction of sp³-hybridized carbons (Fsp3) is 0.538. The van der Waals surface area contributed by atoms with Gasteiger partial charge in [-0.3, -0.25) is 9.62 Å². The maximum Gasteiger partial charge on any atom is 0.235 e. The zero-order valence-corrected chi connectivity index (χ0v) is 19.7. The Morgan fingerprint density at radius 1 is 1.03 bits per heavy atom. The molecule has 1 N–H and O–H groups in total. The van der Waals surface area contributed by atoms with Crippen molar-refractivity contribution in [2.45, 2.75) is 48.9 Å². The monoisotopic (exact) mass is 452 g/mol. The summed E-state index contributed by atoms with van der Waals surface area (Å²) in [5.41, 5.74) is 4.84. The Labute approximate surface area is 191 Å². The summed E-state index contributed by atoms with van der Waals surface area (Å²) in [7, 11) is -1.37. The van der Waals surface area contributed by atoms with Crippen molar-refractivity contribution >= 4 is 15.7 Å². The number of methoxy groups -OCH3 is 1. The van der Waals surface area contributed by atoms with Gasteiger partial charge in [-0.25, -0.2) is 8.42 Å². The summed E-state index contributed by atoms with van der Waals surface area (Å²) in [5, 5.41) is -0.203. The van der Waals surface area contributed by atoms with Crippen molar-refractivity contribution in [1.82, 2.24) is 4.90 Å². The molecule has 0 spiro atoms. The topological polar surface area (TPSA) is 58.6 Å². The molecule has 2 aromatic carbocycles. The third-order valence-corrected chi connectivity index (χ3v) is 10.5. The standard InChI is InChI=1S/C26H32N2O3S/c1-25(20-8-5-9-21(12-20)27-32(29,30)22-10-11-22)23-15-28(16-24(23)25)17-26(31-2)13-18-6-3-4-7-19(18)14-26/h3-9,12,22-24,27H,10-11,13-17H2,1-2H3/t23-,24+,25+. The summed E-state index contributed by atoms with van der Waals surface area (Å²) >= 11 is 0. The molecule has 0 aromatic heterocycles. The van der Waals surface area contributed by atoms with Crippen molar-refractivity contribution in [3.05, 3.63) is 65.2 Å². The summed E-state index contributed by atoms with van der Waals surface area (Å²) in [4.78, 5) is 2.59. The number of benzene rings is 2. The lowest BCUT2D eigenvalue weighted by Crippen LogP contribution is -2.46. The molecule has 0 amide bonds. The van der Waals surface area contributed by atoms with Gasteiger partial charge in [0.2, 0.25) is 10.0 Å². The van der Waals surface area contributed by atoms with Gasteiger partial charge in [-0.15, -0.1) is 0 Å². The van der Waals surface area contributed by atoms with Gasteiger partial charge in [0, 0.05) is 50.7 Å². The van der Waals surface area contributed by atoms with Crippen LogP contribution in [0.25, 0.3) is 0 Å². The smallest absolute Gasteiger partial charge is 0.235 e. The average Bonchev–Trinajstić information content (AvgIpc) is 3.62.